The Morgan fingerprint density at radius 2 is 1.64 bits per heavy atom. The van der Waals surface area contributed by atoms with Crippen LogP contribution in [0.5, 0.6) is 0 Å². The predicted molar refractivity (Wildman–Crippen MR) is 100 cm³/mol. The van der Waals surface area contributed by atoms with E-state index in [-0.39, 0.29) is 11.9 Å². The second-order valence-corrected chi connectivity index (χ2v) is 6.70. The molecule has 1 saturated heterocycles. The van der Waals surface area contributed by atoms with Crippen LogP contribution in [0.2, 0.25) is 0 Å². The average molecular weight is 350 g/mol. The van der Waals surface area contributed by atoms with Crippen molar-refractivity contribution in [2.24, 2.45) is 0 Å². The van der Waals surface area contributed by atoms with E-state index in [1.54, 1.807) is 0 Å². The zero-order valence-electron chi connectivity index (χ0n) is 16.1. The second-order valence-electron chi connectivity index (χ2n) is 6.70. The summed E-state index contributed by atoms with van der Waals surface area (Å²) in [6, 6.07) is 0. The van der Waals surface area contributed by atoms with Crippen LogP contribution in [0.25, 0.3) is 0 Å². The molecule has 1 aliphatic rings. The highest BCUT2D eigenvalue weighted by Crippen LogP contribution is 2.41. The lowest BCUT2D eigenvalue weighted by molar-refractivity contribution is -0.150. The maximum absolute atomic E-state index is 11.7. The third kappa shape index (κ3) is 7.15. The molecule has 2 unspecified atom stereocenters. The van der Waals surface area contributed by atoms with Gasteiger partial charge in [0, 0.05) is 0 Å². The van der Waals surface area contributed by atoms with E-state index in [9.17, 15) is 9.59 Å². The minimum Gasteiger partial charge on any atom is -0.466 e. The van der Waals surface area contributed by atoms with E-state index in [1.165, 1.54) is 39.7 Å². The summed E-state index contributed by atoms with van der Waals surface area (Å²) in [7, 11) is 1.29. The topological polar surface area (TPSA) is 55.9 Å². The number of hydrogen-bond donors (Lipinski definition) is 0. The van der Waals surface area contributed by atoms with E-state index in [0.29, 0.717) is 0 Å². The lowest BCUT2D eigenvalue weighted by Crippen LogP contribution is -2.36. The Morgan fingerprint density at radius 1 is 1.00 bits per heavy atom. The highest BCUT2D eigenvalue weighted by atomic mass is 16.7. The molecule has 0 aliphatic carbocycles. The SMILES string of the molecule is CCCCC/C=C\C/C=C\CCCCCC1OC1(C(C)=O)C(=O)OC. The summed E-state index contributed by atoms with van der Waals surface area (Å²) >= 11 is 0. The quantitative estimate of drug-likeness (QED) is 0.147. The Labute approximate surface area is 152 Å². The van der Waals surface area contributed by atoms with Crippen molar-refractivity contribution in [3.8, 4) is 0 Å². The first kappa shape index (κ1) is 21.6. The molecule has 0 amide bonds. The number of allylic oxidation sites excluding steroid dienone is 4. The van der Waals surface area contributed by atoms with E-state index in [2.05, 4.69) is 36.0 Å². The van der Waals surface area contributed by atoms with Crippen molar-refractivity contribution in [2.45, 2.75) is 89.8 Å². The lowest BCUT2D eigenvalue weighted by atomic mass is 9.97. The molecular weight excluding hydrogens is 316 g/mol. The lowest BCUT2D eigenvalue weighted by Gasteiger charge is -2.06. The number of Topliss-reactive ketones (excluding diaryl/α,β-unsaturated/α-hetero) is 1. The van der Waals surface area contributed by atoms with Crippen LogP contribution in [-0.2, 0) is 19.1 Å². The Hall–Kier alpha value is -1.42. The molecule has 0 bridgehead atoms. The number of carbonyl (C=O) groups excluding carboxylic acids is 2. The fourth-order valence-corrected chi connectivity index (χ4v) is 3.02. The summed E-state index contributed by atoms with van der Waals surface area (Å²) in [5.41, 5.74) is -1.31. The third-order valence-electron chi connectivity index (χ3n) is 4.65. The fraction of sp³-hybridized carbons (Fsp3) is 0.714. The molecule has 142 valence electrons. The van der Waals surface area contributed by atoms with Gasteiger partial charge in [-0.15, -0.1) is 0 Å². The molecule has 1 heterocycles. The summed E-state index contributed by atoms with van der Waals surface area (Å²) < 4.78 is 10.1. The molecule has 0 aromatic carbocycles. The first-order chi connectivity index (χ1) is 12.1. The van der Waals surface area contributed by atoms with Gasteiger partial charge in [0.15, 0.2) is 5.78 Å². The molecular formula is C21H34O4. The number of epoxide rings is 1. The Balaban J connectivity index is 2.03. The summed E-state index contributed by atoms with van der Waals surface area (Å²) in [4.78, 5) is 23.3. The van der Waals surface area contributed by atoms with E-state index >= 15 is 0 Å². The molecule has 4 heteroatoms. The second kappa shape index (κ2) is 12.0. The number of ketones is 1. The number of rotatable bonds is 14. The summed E-state index contributed by atoms with van der Waals surface area (Å²) in [6.07, 6.45) is 19.7. The maximum atomic E-state index is 11.7. The van der Waals surface area contributed by atoms with E-state index in [1.807, 2.05) is 0 Å². The molecule has 25 heavy (non-hydrogen) atoms. The molecule has 0 aromatic rings. The monoisotopic (exact) mass is 350 g/mol. The predicted octanol–water partition coefficient (Wildman–Crippen LogP) is 4.92. The fourth-order valence-electron chi connectivity index (χ4n) is 3.02. The van der Waals surface area contributed by atoms with E-state index in [4.69, 9.17) is 4.74 Å². The van der Waals surface area contributed by atoms with Gasteiger partial charge in [0.1, 0.15) is 6.10 Å². The van der Waals surface area contributed by atoms with Gasteiger partial charge in [0.25, 0.3) is 0 Å². The molecule has 0 N–H and O–H groups in total. The van der Waals surface area contributed by atoms with Crippen LogP contribution in [0.3, 0.4) is 0 Å². The number of carbonyl (C=O) groups is 2. The zero-order valence-corrected chi connectivity index (χ0v) is 16.1. The maximum Gasteiger partial charge on any atom is 0.348 e. The van der Waals surface area contributed by atoms with Crippen LogP contribution < -0.4 is 0 Å². The largest absolute Gasteiger partial charge is 0.466 e. The van der Waals surface area contributed by atoms with Gasteiger partial charge in [-0.25, -0.2) is 4.79 Å². The van der Waals surface area contributed by atoms with Crippen molar-refractivity contribution < 1.29 is 19.1 Å². The van der Waals surface area contributed by atoms with Crippen LogP contribution in [0.1, 0.15) is 78.1 Å². The van der Waals surface area contributed by atoms with Gasteiger partial charge in [-0.2, -0.15) is 0 Å². The first-order valence-corrected chi connectivity index (χ1v) is 9.66. The highest BCUT2D eigenvalue weighted by Gasteiger charge is 2.67. The Bertz CT molecular complexity index is 467. The van der Waals surface area contributed by atoms with Gasteiger partial charge in [0.2, 0.25) is 5.60 Å². The van der Waals surface area contributed by atoms with Crippen LogP contribution in [0, 0.1) is 0 Å². The first-order valence-electron chi connectivity index (χ1n) is 9.66. The number of hydrogen-bond acceptors (Lipinski definition) is 4. The van der Waals surface area contributed by atoms with E-state index < -0.39 is 11.6 Å². The zero-order chi connectivity index (χ0) is 18.5. The van der Waals surface area contributed by atoms with Crippen LogP contribution in [0.4, 0.5) is 0 Å². The average Bonchev–Trinajstić information content (AvgIpc) is 3.34. The third-order valence-corrected chi connectivity index (χ3v) is 4.65. The smallest absolute Gasteiger partial charge is 0.348 e. The van der Waals surface area contributed by atoms with Crippen molar-refractivity contribution >= 4 is 11.8 Å². The van der Waals surface area contributed by atoms with Crippen LogP contribution >= 0.6 is 0 Å². The van der Waals surface area contributed by atoms with Gasteiger partial charge >= 0.3 is 5.97 Å². The molecule has 1 aliphatic heterocycles. The number of methoxy groups -OCH3 is 1. The molecule has 0 spiro atoms. The molecule has 0 radical (unpaired) electrons. The normalized spacial score (nSPS) is 22.6. The van der Waals surface area contributed by atoms with Crippen LogP contribution in [-0.4, -0.2) is 30.6 Å². The van der Waals surface area contributed by atoms with Crippen molar-refractivity contribution in [1.82, 2.24) is 0 Å². The molecule has 4 nitrogen and oxygen atoms in total. The van der Waals surface area contributed by atoms with Gasteiger partial charge in [-0.1, -0.05) is 56.9 Å². The van der Waals surface area contributed by atoms with Crippen molar-refractivity contribution in [1.29, 1.82) is 0 Å². The van der Waals surface area contributed by atoms with Crippen molar-refractivity contribution in [2.75, 3.05) is 7.11 Å². The molecule has 1 fully saturated rings. The van der Waals surface area contributed by atoms with Crippen molar-refractivity contribution in [3.05, 3.63) is 24.3 Å². The minimum absolute atomic E-state index is 0.255. The highest BCUT2D eigenvalue weighted by molar-refractivity contribution is 6.09. The van der Waals surface area contributed by atoms with Gasteiger partial charge in [-0.3, -0.25) is 4.79 Å². The number of unbranched alkanes of at least 4 members (excludes halogenated alkanes) is 6. The van der Waals surface area contributed by atoms with Crippen LogP contribution in [0.15, 0.2) is 24.3 Å². The minimum atomic E-state index is -1.31. The standard InChI is InChI=1S/C21H34O4/c1-4-5-6-7-8-9-10-11-12-13-14-15-16-17-19-21(25-19,18(2)22)20(23)24-3/h8-9,11-12,19H,4-7,10,13-17H2,1-3H3/b9-8-,12-11-. The Morgan fingerprint density at radius 3 is 2.20 bits per heavy atom. The van der Waals surface area contributed by atoms with E-state index in [0.717, 1.165) is 38.5 Å². The van der Waals surface area contributed by atoms with Gasteiger partial charge in [-0.05, 0) is 45.4 Å². The Kier molecular flexibility index (Phi) is 10.4. The molecule has 2 atom stereocenters. The summed E-state index contributed by atoms with van der Waals surface area (Å²) in [5, 5.41) is 0. The number of esters is 1. The van der Waals surface area contributed by atoms with Gasteiger partial charge < -0.3 is 9.47 Å². The molecule has 0 saturated carbocycles. The van der Waals surface area contributed by atoms with Gasteiger partial charge in [0.05, 0.1) is 7.11 Å². The summed E-state index contributed by atoms with van der Waals surface area (Å²) in [6.45, 7) is 3.61. The summed E-state index contributed by atoms with van der Waals surface area (Å²) in [5.74, 6) is -0.814. The number of ether oxygens (including phenoxy) is 2. The van der Waals surface area contributed by atoms with Crippen molar-refractivity contribution in [3.63, 3.8) is 0 Å². The molecule has 0 aromatic heterocycles. The molecule has 1 rings (SSSR count).